The first-order valence-corrected chi connectivity index (χ1v) is 9.14. The minimum Gasteiger partial charge on any atom is -0.340 e. The van der Waals surface area contributed by atoms with Crippen LogP contribution in [0.4, 0.5) is 14.9 Å². The summed E-state index contributed by atoms with van der Waals surface area (Å²) in [5, 5.41) is 8.88. The van der Waals surface area contributed by atoms with Gasteiger partial charge in [0.05, 0.1) is 0 Å². The molecule has 150 valence electrons. The van der Waals surface area contributed by atoms with Gasteiger partial charge in [0.1, 0.15) is 5.82 Å². The molecule has 0 saturated carbocycles. The van der Waals surface area contributed by atoms with Crippen molar-refractivity contribution in [2.45, 2.75) is 18.9 Å². The summed E-state index contributed by atoms with van der Waals surface area (Å²) in [4.78, 5) is 28.4. The summed E-state index contributed by atoms with van der Waals surface area (Å²) in [7, 11) is 0. The molecule has 2 aliphatic heterocycles. The molecule has 2 heterocycles. The van der Waals surface area contributed by atoms with Gasteiger partial charge in [0.25, 0.3) is 0 Å². The van der Waals surface area contributed by atoms with Crippen molar-refractivity contribution < 1.29 is 14.0 Å². The third kappa shape index (κ3) is 6.64. The SMILES string of the molecule is Cl.O=C(Nc1ccc(F)cc1)NC1CCN(CCC(=O)N2CCNCC2)C1. The topological polar surface area (TPSA) is 76.7 Å². The third-order valence-electron chi connectivity index (χ3n) is 4.82. The number of nitrogens with one attached hydrogen (secondary N) is 3. The van der Waals surface area contributed by atoms with Crippen molar-refractivity contribution in [1.29, 1.82) is 0 Å². The van der Waals surface area contributed by atoms with Crippen molar-refractivity contribution in [3.05, 3.63) is 30.1 Å². The maximum Gasteiger partial charge on any atom is 0.319 e. The number of hydrogen-bond donors (Lipinski definition) is 3. The first-order valence-electron chi connectivity index (χ1n) is 9.14. The maximum absolute atomic E-state index is 12.9. The minimum absolute atomic E-state index is 0. The van der Waals surface area contributed by atoms with Gasteiger partial charge in [-0.05, 0) is 30.7 Å². The van der Waals surface area contributed by atoms with E-state index in [1.54, 1.807) is 0 Å². The van der Waals surface area contributed by atoms with E-state index in [1.807, 2.05) is 4.90 Å². The highest BCUT2D eigenvalue weighted by Crippen LogP contribution is 2.12. The minimum atomic E-state index is -0.335. The van der Waals surface area contributed by atoms with Gasteiger partial charge in [-0.1, -0.05) is 0 Å². The van der Waals surface area contributed by atoms with Crippen LogP contribution in [0.3, 0.4) is 0 Å². The Balaban J connectivity index is 0.00000261. The van der Waals surface area contributed by atoms with E-state index in [4.69, 9.17) is 0 Å². The summed E-state index contributed by atoms with van der Waals surface area (Å²) in [6.45, 7) is 5.64. The van der Waals surface area contributed by atoms with Crippen molar-refractivity contribution in [3.8, 4) is 0 Å². The molecule has 2 saturated heterocycles. The Morgan fingerprint density at radius 2 is 1.85 bits per heavy atom. The summed E-state index contributed by atoms with van der Waals surface area (Å²) < 4.78 is 12.9. The molecular weight excluding hydrogens is 373 g/mol. The van der Waals surface area contributed by atoms with E-state index in [1.165, 1.54) is 24.3 Å². The molecule has 0 aromatic heterocycles. The van der Waals surface area contributed by atoms with Gasteiger partial charge >= 0.3 is 6.03 Å². The Morgan fingerprint density at radius 1 is 1.15 bits per heavy atom. The highest BCUT2D eigenvalue weighted by molar-refractivity contribution is 5.89. The standard InChI is InChI=1S/C18H26FN5O2.ClH/c19-14-1-3-15(4-2-14)21-18(26)22-16-5-9-23(13-16)10-6-17(25)24-11-7-20-8-12-24;/h1-4,16,20H,5-13H2,(H2,21,22,26);1H. The lowest BCUT2D eigenvalue weighted by molar-refractivity contribution is -0.132. The monoisotopic (exact) mass is 399 g/mol. The van der Waals surface area contributed by atoms with E-state index in [0.717, 1.165) is 52.2 Å². The van der Waals surface area contributed by atoms with Crippen LogP contribution in [-0.4, -0.2) is 73.6 Å². The van der Waals surface area contributed by atoms with Crippen LogP contribution in [0.2, 0.25) is 0 Å². The summed E-state index contributed by atoms with van der Waals surface area (Å²) in [5.41, 5.74) is 0.556. The molecule has 1 atom stereocenters. The van der Waals surface area contributed by atoms with Gasteiger partial charge in [0, 0.05) is 64.0 Å². The number of rotatable bonds is 5. The van der Waals surface area contributed by atoms with Crippen molar-refractivity contribution in [3.63, 3.8) is 0 Å². The number of hydrogen-bond acceptors (Lipinski definition) is 4. The molecule has 3 amide bonds. The van der Waals surface area contributed by atoms with E-state index >= 15 is 0 Å². The van der Waals surface area contributed by atoms with Crippen molar-refractivity contribution in [2.75, 3.05) is 51.1 Å². The largest absolute Gasteiger partial charge is 0.340 e. The van der Waals surface area contributed by atoms with Crippen LogP contribution in [0, 0.1) is 5.82 Å². The van der Waals surface area contributed by atoms with Crippen molar-refractivity contribution >= 4 is 30.0 Å². The Hall–Kier alpha value is -1.90. The lowest BCUT2D eigenvalue weighted by Crippen LogP contribution is -2.47. The molecule has 7 nitrogen and oxygen atoms in total. The summed E-state index contributed by atoms with van der Waals surface area (Å²) >= 11 is 0. The van der Waals surface area contributed by atoms with Gasteiger partial charge in [-0.2, -0.15) is 0 Å². The highest BCUT2D eigenvalue weighted by atomic mass is 35.5. The second-order valence-electron chi connectivity index (χ2n) is 6.77. The number of carbonyl (C=O) groups is 2. The van der Waals surface area contributed by atoms with Crippen LogP contribution in [0.25, 0.3) is 0 Å². The molecule has 3 rings (SSSR count). The first-order chi connectivity index (χ1) is 12.6. The second kappa shape index (κ2) is 10.4. The van der Waals surface area contributed by atoms with Crippen LogP contribution >= 0.6 is 12.4 Å². The van der Waals surface area contributed by atoms with Gasteiger partial charge in [-0.3, -0.25) is 4.79 Å². The number of piperazine rings is 1. The highest BCUT2D eigenvalue weighted by Gasteiger charge is 2.25. The van der Waals surface area contributed by atoms with Crippen molar-refractivity contribution in [1.82, 2.24) is 20.4 Å². The molecule has 2 fully saturated rings. The fourth-order valence-electron chi connectivity index (χ4n) is 3.37. The van der Waals surface area contributed by atoms with Crippen LogP contribution in [0.15, 0.2) is 24.3 Å². The molecule has 2 aliphatic rings. The van der Waals surface area contributed by atoms with Crippen LogP contribution in [0.5, 0.6) is 0 Å². The third-order valence-corrected chi connectivity index (χ3v) is 4.82. The number of carbonyl (C=O) groups excluding carboxylic acids is 2. The molecule has 0 aliphatic carbocycles. The van der Waals surface area contributed by atoms with E-state index < -0.39 is 0 Å². The Bertz CT molecular complexity index is 625. The van der Waals surface area contributed by atoms with E-state index in [0.29, 0.717) is 12.1 Å². The fourth-order valence-corrected chi connectivity index (χ4v) is 3.37. The van der Waals surface area contributed by atoms with Crippen LogP contribution in [0.1, 0.15) is 12.8 Å². The molecule has 1 unspecified atom stereocenters. The van der Waals surface area contributed by atoms with E-state index in [-0.39, 0.29) is 36.2 Å². The Morgan fingerprint density at radius 3 is 2.56 bits per heavy atom. The number of halogens is 2. The number of likely N-dealkylation sites (tertiary alicyclic amines) is 1. The zero-order chi connectivity index (χ0) is 18.4. The molecular formula is C18H27ClFN5O2. The molecule has 0 bridgehead atoms. The summed E-state index contributed by atoms with van der Waals surface area (Å²) in [6, 6.07) is 5.44. The summed E-state index contributed by atoms with van der Waals surface area (Å²) in [6.07, 6.45) is 1.38. The van der Waals surface area contributed by atoms with Gasteiger partial charge < -0.3 is 25.8 Å². The zero-order valence-corrected chi connectivity index (χ0v) is 16.1. The zero-order valence-electron chi connectivity index (χ0n) is 15.2. The smallest absolute Gasteiger partial charge is 0.319 e. The quantitative estimate of drug-likeness (QED) is 0.696. The lowest BCUT2D eigenvalue weighted by atomic mass is 10.2. The van der Waals surface area contributed by atoms with E-state index in [9.17, 15) is 14.0 Å². The molecule has 9 heteroatoms. The molecule has 3 N–H and O–H groups in total. The fraction of sp³-hybridized carbons (Fsp3) is 0.556. The first kappa shape index (κ1) is 21.4. The molecule has 27 heavy (non-hydrogen) atoms. The molecule has 0 radical (unpaired) electrons. The Labute approximate surface area is 165 Å². The average molecular weight is 400 g/mol. The maximum atomic E-state index is 12.9. The van der Waals surface area contributed by atoms with Crippen molar-refractivity contribution in [2.24, 2.45) is 0 Å². The number of urea groups is 1. The lowest BCUT2D eigenvalue weighted by Gasteiger charge is -2.28. The predicted octanol–water partition coefficient (Wildman–Crippen LogP) is 1.27. The summed E-state index contributed by atoms with van der Waals surface area (Å²) in [5.74, 6) is -0.130. The molecule has 1 aromatic carbocycles. The second-order valence-corrected chi connectivity index (χ2v) is 6.77. The van der Waals surface area contributed by atoms with Gasteiger partial charge in [-0.25, -0.2) is 9.18 Å². The number of anilines is 1. The van der Waals surface area contributed by atoms with Gasteiger partial charge in [-0.15, -0.1) is 12.4 Å². The molecule has 1 aromatic rings. The Kier molecular flexibility index (Phi) is 8.27. The normalized spacial score (nSPS) is 20.0. The van der Waals surface area contributed by atoms with Crippen LogP contribution in [-0.2, 0) is 4.79 Å². The number of amides is 3. The van der Waals surface area contributed by atoms with Crippen LogP contribution < -0.4 is 16.0 Å². The molecule has 0 spiro atoms. The predicted molar refractivity (Wildman–Crippen MR) is 105 cm³/mol. The number of benzene rings is 1. The van der Waals surface area contributed by atoms with Gasteiger partial charge in [0.2, 0.25) is 5.91 Å². The average Bonchev–Trinajstić information content (AvgIpc) is 3.09. The number of nitrogens with zero attached hydrogens (tertiary/aromatic N) is 2. The van der Waals surface area contributed by atoms with Gasteiger partial charge in [0.15, 0.2) is 0 Å². The van der Waals surface area contributed by atoms with E-state index in [2.05, 4.69) is 20.9 Å².